The molecule has 2 N–H and O–H groups in total. The minimum atomic E-state index is -0.0570. The van der Waals surface area contributed by atoms with E-state index in [1.807, 2.05) is 0 Å². The Morgan fingerprint density at radius 1 is 0.955 bits per heavy atom. The summed E-state index contributed by atoms with van der Waals surface area (Å²) in [5.74, 6) is 2.44. The van der Waals surface area contributed by atoms with E-state index >= 15 is 0 Å². The second-order valence-corrected chi connectivity index (χ2v) is 9.12. The van der Waals surface area contributed by atoms with Crippen molar-refractivity contribution in [2.45, 2.75) is 70.9 Å². The lowest BCUT2D eigenvalue weighted by atomic mass is 9.49. The summed E-state index contributed by atoms with van der Waals surface area (Å²) in [5, 5.41) is 19.9. The van der Waals surface area contributed by atoms with E-state index in [4.69, 9.17) is 0 Å². The summed E-state index contributed by atoms with van der Waals surface area (Å²) < 4.78 is 0. The SMILES string of the molecule is C[C@@]12CC[C@H]3[C@@H](CC[C@H]4N(CCO)CC[C@]34C)[C@H]1CC[C@@H]2O. The van der Waals surface area contributed by atoms with Crippen LogP contribution in [0, 0.1) is 28.6 Å². The lowest BCUT2D eigenvalue weighted by Crippen LogP contribution is -2.55. The fourth-order valence-corrected chi connectivity index (χ4v) is 7.30. The number of rotatable bonds is 2. The molecule has 4 aliphatic rings. The Kier molecular flexibility index (Phi) is 3.63. The van der Waals surface area contributed by atoms with Crippen LogP contribution >= 0.6 is 0 Å². The van der Waals surface area contributed by atoms with Crippen LogP contribution in [0.4, 0.5) is 0 Å². The predicted octanol–water partition coefficient (Wildman–Crippen LogP) is 2.66. The first-order valence-corrected chi connectivity index (χ1v) is 9.53. The van der Waals surface area contributed by atoms with Gasteiger partial charge in [0.1, 0.15) is 0 Å². The van der Waals surface area contributed by atoms with Crippen molar-refractivity contribution in [3.05, 3.63) is 0 Å². The molecule has 0 aromatic heterocycles. The first-order chi connectivity index (χ1) is 10.5. The highest BCUT2D eigenvalue weighted by Crippen LogP contribution is 2.64. The second-order valence-electron chi connectivity index (χ2n) is 9.12. The summed E-state index contributed by atoms with van der Waals surface area (Å²) in [6.45, 7) is 7.24. The number of hydrogen-bond acceptors (Lipinski definition) is 3. The highest BCUT2D eigenvalue weighted by atomic mass is 16.3. The summed E-state index contributed by atoms with van der Waals surface area (Å²) in [6, 6.07) is 0.691. The Morgan fingerprint density at radius 3 is 2.50 bits per heavy atom. The van der Waals surface area contributed by atoms with Crippen molar-refractivity contribution < 1.29 is 10.2 Å². The fraction of sp³-hybridized carbons (Fsp3) is 1.00. The van der Waals surface area contributed by atoms with Gasteiger partial charge < -0.3 is 10.2 Å². The van der Waals surface area contributed by atoms with E-state index in [0.29, 0.717) is 18.1 Å². The average molecular weight is 307 g/mol. The van der Waals surface area contributed by atoms with Crippen LogP contribution in [0.25, 0.3) is 0 Å². The number of nitrogens with zero attached hydrogens (tertiary/aromatic N) is 1. The molecule has 0 radical (unpaired) electrons. The van der Waals surface area contributed by atoms with E-state index in [-0.39, 0.29) is 11.5 Å². The van der Waals surface area contributed by atoms with Gasteiger partial charge in [-0.3, -0.25) is 4.90 Å². The van der Waals surface area contributed by atoms with Gasteiger partial charge in [0.05, 0.1) is 12.7 Å². The molecule has 0 aromatic rings. The summed E-state index contributed by atoms with van der Waals surface area (Å²) in [6.07, 6.45) is 8.72. The molecule has 0 bridgehead atoms. The third-order valence-electron chi connectivity index (χ3n) is 8.53. The first-order valence-electron chi connectivity index (χ1n) is 9.53. The van der Waals surface area contributed by atoms with Gasteiger partial charge in [0.15, 0.2) is 0 Å². The molecule has 0 aromatic carbocycles. The highest BCUT2D eigenvalue weighted by molar-refractivity contribution is 5.11. The van der Waals surface area contributed by atoms with Crippen LogP contribution in [0.15, 0.2) is 0 Å². The molecule has 3 saturated carbocycles. The minimum Gasteiger partial charge on any atom is -0.395 e. The molecule has 4 fully saturated rings. The number of aliphatic hydroxyl groups is 2. The van der Waals surface area contributed by atoms with Gasteiger partial charge in [0, 0.05) is 12.6 Å². The van der Waals surface area contributed by atoms with Crippen LogP contribution in [-0.2, 0) is 0 Å². The molecule has 1 heterocycles. The Hall–Kier alpha value is -0.120. The van der Waals surface area contributed by atoms with Gasteiger partial charge in [-0.15, -0.1) is 0 Å². The summed E-state index contributed by atoms with van der Waals surface area (Å²) in [4.78, 5) is 2.56. The molecule has 126 valence electrons. The van der Waals surface area contributed by atoms with Crippen molar-refractivity contribution in [2.24, 2.45) is 28.6 Å². The van der Waals surface area contributed by atoms with Gasteiger partial charge in [-0.2, -0.15) is 0 Å². The molecule has 1 saturated heterocycles. The van der Waals surface area contributed by atoms with E-state index in [1.165, 1.54) is 45.1 Å². The van der Waals surface area contributed by atoms with Crippen molar-refractivity contribution in [1.29, 1.82) is 0 Å². The maximum atomic E-state index is 10.5. The van der Waals surface area contributed by atoms with Gasteiger partial charge in [0.2, 0.25) is 0 Å². The molecule has 0 amide bonds. The van der Waals surface area contributed by atoms with Crippen LogP contribution in [0.2, 0.25) is 0 Å². The number of aliphatic hydroxyl groups excluding tert-OH is 2. The van der Waals surface area contributed by atoms with Crippen molar-refractivity contribution in [3.63, 3.8) is 0 Å². The molecule has 3 nitrogen and oxygen atoms in total. The average Bonchev–Trinajstić information content (AvgIpc) is 2.98. The van der Waals surface area contributed by atoms with E-state index in [1.54, 1.807) is 0 Å². The zero-order valence-electron chi connectivity index (χ0n) is 14.3. The third kappa shape index (κ3) is 1.91. The lowest BCUT2D eigenvalue weighted by molar-refractivity contribution is -0.0980. The molecule has 3 heteroatoms. The minimum absolute atomic E-state index is 0.0570. The number of hydrogen-bond donors (Lipinski definition) is 2. The van der Waals surface area contributed by atoms with Crippen LogP contribution < -0.4 is 0 Å². The van der Waals surface area contributed by atoms with Crippen LogP contribution in [0.1, 0.15) is 58.8 Å². The largest absolute Gasteiger partial charge is 0.395 e. The van der Waals surface area contributed by atoms with Gasteiger partial charge >= 0.3 is 0 Å². The lowest BCUT2D eigenvalue weighted by Gasteiger charge is -2.57. The third-order valence-corrected chi connectivity index (χ3v) is 8.53. The van der Waals surface area contributed by atoms with E-state index < -0.39 is 0 Å². The Morgan fingerprint density at radius 2 is 1.73 bits per heavy atom. The van der Waals surface area contributed by atoms with Gasteiger partial charge in [0.25, 0.3) is 0 Å². The molecule has 22 heavy (non-hydrogen) atoms. The number of likely N-dealkylation sites (tertiary alicyclic amines) is 1. The zero-order valence-corrected chi connectivity index (χ0v) is 14.3. The van der Waals surface area contributed by atoms with Crippen molar-refractivity contribution >= 4 is 0 Å². The summed E-state index contributed by atoms with van der Waals surface area (Å²) in [7, 11) is 0. The van der Waals surface area contributed by atoms with Gasteiger partial charge in [-0.05, 0) is 80.1 Å². The van der Waals surface area contributed by atoms with Crippen LogP contribution in [0.5, 0.6) is 0 Å². The number of fused-ring (bicyclic) bond motifs is 5. The van der Waals surface area contributed by atoms with E-state index in [0.717, 1.165) is 30.7 Å². The van der Waals surface area contributed by atoms with Gasteiger partial charge in [-0.1, -0.05) is 13.8 Å². The van der Waals surface area contributed by atoms with E-state index in [9.17, 15) is 10.2 Å². The monoisotopic (exact) mass is 307 g/mol. The maximum absolute atomic E-state index is 10.5. The normalized spacial score (nSPS) is 54.8. The Bertz CT molecular complexity index is 441. The molecule has 4 rings (SSSR count). The van der Waals surface area contributed by atoms with Crippen molar-refractivity contribution in [1.82, 2.24) is 4.90 Å². The molecule has 7 atom stereocenters. The topological polar surface area (TPSA) is 43.7 Å². The predicted molar refractivity (Wildman–Crippen MR) is 87.5 cm³/mol. The number of β-amino-alcohol motifs (C(OH)–C–C–N with tert-alkyl or cyclic N) is 1. The van der Waals surface area contributed by atoms with Crippen molar-refractivity contribution in [3.8, 4) is 0 Å². The molecule has 3 aliphatic carbocycles. The molecular formula is C19H33NO2. The van der Waals surface area contributed by atoms with Crippen LogP contribution in [-0.4, -0.2) is 47.0 Å². The second kappa shape index (κ2) is 5.19. The fourth-order valence-electron chi connectivity index (χ4n) is 7.30. The smallest absolute Gasteiger partial charge is 0.0596 e. The summed E-state index contributed by atoms with van der Waals surface area (Å²) >= 11 is 0. The quantitative estimate of drug-likeness (QED) is 0.824. The highest BCUT2D eigenvalue weighted by Gasteiger charge is 2.61. The summed E-state index contributed by atoms with van der Waals surface area (Å²) in [5.41, 5.74) is 0.653. The maximum Gasteiger partial charge on any atom is 0.0596 e. The molecular weight excluding hydrogens is 274 g/mol. The Balaban J connectivity index is 1.60. The van der Waals surface area contributed by atoms with Crippen molar-refractivity contribution in [2.75, 3.05) is 19.7 Å². The standard InChI is InChI=1S/C19H33NO2/c1-18-9-10-20(11-12-21)16(18)5-3-13-14-4-6-17(22)19(14,2)8-7-15(13)18/h13-17,21-22H,3-12H2,1-2H3/t13-,14+,15-,16+,17-,18+,19+/m0/s1. The Labute approximate surface area is 135 Å². The zero-order chi connectivity index (χ0) is 15.5. The van der Waals surface area contributed by atoms with E-state index in [2.05, 4.69) is 18.7 Å². The molecule has 0 unspecified atom stereocenters. The van der Waals surface area contributed by atoms with Gasteiger partial charge in [-0.25, -0.2) is 0 Å². The van der Waals surface area contributed by atoms with Crippen LogP contribution in [0.3, 0.4) is 0 Å². The molecule has 0 spiro atoms. The molecule has 1 aliphatic heterocycles. The first kappa shape index (κ1) is 15.4.